The van der Waals surface area contributed by atoms with Crippen LogP contribution in [0.25, 0.3) is 0 Å². The van der Waals surface area contributed by atoms with E-state index in [1.165, 1.54) is 18.9 Å². The van der Waals surface area contributed by atoms with Gasteiger partial charge in [-0.25, -0.2) is 9.68 Å². The molecule has 4 heteroatoms. The average molecular weight is 256 g/mol. The lowest BCUT2D eigenvalue weighted by Crippen LogP contribution is -2.14. The topological polar surface area (TPSA) is 55.8 Å². The van der Waals surface area contributed by atoms with Gasteiger partial charge in [0.2, 0.25) is 0 Å². The lowest BCUT2D eigenvalue weighted by Gasteiger charge is -2.10. The van der Waals surface area contributed by atoms with E-state index in [0.717, 1.165) is 32.1 Å². The number of unbranched alkanes of at least 4 members (excludes halogenated alkanes) is 3. The van der Waals surface area contributed by atoms with E-state index in [1.807, 2.05) is 6.92 Å². The van der Waals surface area contributed by atoms with Crippen LogP contribution < -0.4 is 0 Å². The molecule has 1 saturated carbocycles. The van der Waals surface area contributed by atoms with Crippen LogP contribution >= 0.6 is 0 Å². The van der Waals surface area contributed by atoms with E-state index in [4.69, 9.17) is 9.99 Å². The summed E-state index contributed by atoms with van der Waals surface area (Å²) in [5, 5.41) is 8.74. The molecule has 0 aliphatic heterocycles. The first kappa shape index (κ1) is 15.2. The summed E-state index contributed by atoms with van der Waals surface area (Å²) in [4.78, 5) is 15.8. The SMILES string of the molecule is CCCCCCC(C=CC(=O)OC1(C)CC1)OO. The van der Waals surface area contributed by atoms with Gasteiger partial charge >= 0.3 is 5.97 Å². The Bertz CT molecular complexity index is 282. The monoisotopic (exact) mass is 256 g/mol. The zero-order chi connectivity index (χ0) is 13.4. The van der Waals surface area contributed by atoms with Crippen molar-refractivity contribution in [2.24, 2.45) is 0 Å². The van der Waals surface area contributed by atoms with Crippen LogP contribution in [-0.2, 0) is 14.4 Å². The third-order valence-electron chi connectivity index (χ3n) is 3.23. The van der Waals surface area contributed by atoms with Gasteiger partial charge in [-0.3, -0.25) is 5.26 Å². The quantitative estimate of drug-likeness (QED) is 0.226. The molecule has 0 spiro atoms. The van der Waals surface area contributed by atoms with Crippen LogP contribution in [0.4, 0.5) is 0 Å². The summed E-state index contributed by atoms with van der Waals surface area (Å²) in [5.41, 5.74) is -0.252. The number of carbonyl (C=O) groups excluding carboxylic acids is 1. The number of ether oxygens (including phenoxy) is 1. The highest BCUT2D eigenvalue weighted by molar-refractivity contribution is 5.82. The minimum atomic E-state index is -0.415. The van der Waals surface area contributed by atoms with Crippen molar-refractivity contribution in [1.29, 1.82) is 0 Å². The molecule has 1 atom stereocenters. The molecule has 1 aliphatic rings. The molecule has 0 aromatic rings. The summed E-state index contributed by atoms with van der Waals surface area (Å²) in [6.45, 7) is 4.07. The summed E-state index contributed by atoms with van der Waals surface area (Å²) in [7, 11) is 0. The van der Waals surface area contributed by atoms with E-state index in [-0.39, 0.29) is 11.6 Å². The largest absolute Gasteiger partial charge is 0.456 e. The van der Waals surface area contributed by atoms with Crippen LogP contribution in [0.3, 0.4) is 0 Å². The lowest BCUT2D eigenvalue weighted by atomic mass is 10.1. The Balaban J connectivity index is 2.21. The molecule has 104 valence electrons. The predicted octanol–water partition coefficient (Wildman–Crippen LogP) is 3.47. The van der Waals surface area contributed by atoms with Crippen molar-refractivity contribution in [3.8, 4) is 0 Å². The van der Waals surface area contributed by atoms with E-state index in [0.29, 0.717) is 0 Å². The first-order valence-corrected chi connectivity index (χ1v) is 6.81. The second-order valence-electron chi connectivity index (χ2n) is 5.22. The first-order valence-electron chi connectivity index (χ1n) is 6.81. The highest BCUT2D eigenvalue weighted by atomic mass is 17.1. The van der Waals surface area contributed by atoms with Gasteiger partial charge < -0.3 is 4.74 Å². The van der Waals surface area contributed by atoms with Gasteiger partial charge in [0.15, 0.2) is 0 Å². The van der Waals surface area contributed by atoms with E-state index in [9.17, 15) is 4.79 Å². The van der Waals surface area contributed by atoms with Crippen LogP contribution in [0, 0.1) is 0 Å². The zero-order valence-electron chi connectivity index (χ0n) is 11.4. The standard InChI is InChI=1S/C14H24O4/c1-3-4-5-6-7-12(18-16)8-9-13(15)17-14(2)10-11-14/h8-9,12,16H,3-7,10-11H2,1-2H3. The maximum Gasteiger partial charge on any atom is 0.331 e. The van der Waals surface area contributed by atoms with Crippen molar-refractivity contribution in [2.45, 2.75) is 70.5 Å². The van der Waals surface area contributed by atoms with Crippen molar-refractivity contribution in [3.05, 3.63) is 12.2 Å². The average Bonchev–Trinajstić information content (AvgIpc) is 3.06. The molecule has 0 bridgehead atoms. The van der Waals surface area contributed by atoms with Crippen molar-refractivity contribution in [1.82, 2.24) is 0 Å². The summed E-state index contributed by atoms with van der Waals surface area (Å²) < 4.78 is 5.22. The maximum absolute atomic E-state index is 11.4. The number of carbonyl (C=O) groups is 1. The van der Waals surface area contributed by atoms with Gasteiger partial charge in [0.1, 0.15) is 11.7 Å². The Labute approximate surface area is 109 Å². The van der Waals surface area contributed by atoms with Crippen molar-refractivity contribution in [2.75, 3.05) is 0 Å². The smallest absolute Gasteiger partial charge is 0.331 e. The summed E-state index contributed by atoms with van der Waals surface area (Å²) >= 11 is 0. The third-order valence-corrected chi connectivity index (χ3v) is 3.23. The van der Waals surface area contributed by atoms with Gasteiger partial charge in [-0.15, -0.1) is 0 Å². The Morgan fingerprint density at radius 2 is 2.11 bits per heavy atom. The minimum absolute atomic E-state index is 0.252. The summed E-state index contributed by atoms with van der Waals surface area (Å²) in [6, 6.07) is 0. The van der Waals surface area contributed by atoms with Crippen molar-refractivity contribution in [3.63, 3.8) is 0 Å². The number of hydrogen-bond acceptors (Lipinski definition) is 4. The molecule has 0 aromatic carbocycles. The second kappa shape index (κ2) is 7.54. The Kier molecular flexibility index (Phi) is 6.36. The molecule has 18 heavy (non-hydrogen) atoms. The summed E-state index contributed by atoms with van der Waals surface area (Å²) in [5.74, 6) is -0.356. The molecule has 1 rings (SSSR count). The van der Waals surface area contributed by atoms with Gasteiger partial charge in [-0.1, -0.05) is 32.6 Å². The first-order chi connectivity index (χ1) is 8.59. The third kappa shape index (κ3) is 6.17. The van der Waals surface area contributed by atoms with Crippen LogP contribution in [0.2, 0.25) is 0 Å². The molecule has 0 saturated heterocycles. The molecule has 4 nitrogen and oxygen atoms in total. The number of esters is 1. The lowest BCUT2D eigenvalue weighted by molar-refractivity contribution is -0.267. The molecule has 1 fully saturated rings. The van der Waals surface area contributed by atoms with Crippen LogP contribution in [-0.4, -0.2) is 22.9 Å². The Morgan fingerprint density at radius 3 is 2.67 bits per heavy atom. The minimum Gasteiger partial charge on any atom is -0.456 e. The van der Waals surface area contributed by atoms with Crippen LogP contribution in [0.5, 0.6) is 0 Å². The van der Waals surface area contributed by atoms with E-state index in [1.54, 1.807) is 6.08 Å². The van der Waals surface area contributed by atoms with Crippen molar-refractivity contribution >= 4 is 5.97 Å². The van der Waals surface area contributed by atoms with Gasteiger partial charge in [0.25, 0.3) is 0 Å². The van der Waals surface area contributed by atoms with Gasteiger partial charge in [0.05, 0.1) is 0 Å². The molecule has 1 N–H and O–H groups in total. The molecule has 1 aliphatic carbocycles. The molecule has 1 unspecified atom stereocenters. The maximum atomic E-state index is 11.4. The molecule has 0 radical (unpaired) electrons. The molecule has 0 aromatic heterocycles. The highest BCUT2D eigenvalue weighted by Crippen LogP contribution is 2.38. The van der Waals surface area contributed by atoms with E-state index < -0.39 is 6.10 Å². The molecule has 0 amide bonds. The van der Waals surface area contributed by atoms with E-state index in [2.05, 4.69) is 11.8 Å². The van der Waals surface area contributed by atoms with Crippen LogP contribution in [0.15, 0.2) is 12.2 Å². The molecular weight excluding hydrogens is 232 g/mol. The fourth-order valence-electron chi connectivity index (χ4n) is 1.70. The fourth-order valence-corrected chi connectivity index (χ4v) is 1.70. The Morgan fingerprint density at radius 1 is 1.39 bits per heavy atom. The normalized spacial score (nSPS) is 18.8. The number of hydrogen-bond donors (Lipinski definition) is 1. The van der Waals surface area contributed by atoms with E-state index >= 15 is 0 Å². The Hall–Kier alpha value is -0.870. The van der Waals surface area contributed by atoms with Gasteiger partial charge in [-0.2, -0.15) is 0 Å². The van der Waals surface area contributed by atoms with Gasteiger partial charge in [0, 0.05) is 6.08 Å². The number of rotatable bonds is 9. The van der Waals surface area contributed by atoms with Crippen molar-refractivity contribution < 1.29 is 19.7 Å². The second-order valence-corrected chi connectivity index (χ2v) is 5.22. The molecular formula is C14H24O4. The summed E-state index contributed by atoms with van der Waals surface area (Å²) in [6.07, 6.45) is 9.55. The highest BCUT2D eigenvalue weighted by Gasteiger charge is 2.41. The van der Waals surface area contributed by atoms with Gasteiger partial charge in [-0.05, 0) is 32.3 Å². The molecule has 0 heterocycles. The predicted molar refractivity (Wildman–Crippen MR) is 69.1 cm³/mol. The van der Waals surface area contributed by atoms with Crippen LogP contribution in [0.1, 0.15) is 58.8 Å². The zero-order valence-corrected chi connectivity index (χ0v) is 11.4. The fraction of sp³-hybridized carbons (Fsp3) is 0.786.